The third-order valence-corrected chi connectivity index (χ3v) is 3.56. The molecule has 4 atom stereocenters. The molecule has 9 nitrogen and oxygen atoms in total. The summed E-state index contributed by atoms with van der Waals surface area (Å²) >= 11 is 0. The van der Waals surface area contributed by atoms with Gasteiger partial charge in [0.1, 0.15) is 24.1 Å². The molecule has 0 saturated carbocycles. The van der Waals surface area contributed by atoms with Crippen LogP contribution < -0.4 is 5.32 Å². The monoisotopic (exact) mass is 295 g/mol. The molecule has 0 bridgehead atoms. The Morgan fingerprint density at radius 1 is 1.33 bits per heavy atom. The summed E-state index contributed by atoms with van der Waals surface area (Å²) in [6.07, 6.45) is -2.56. The number of fused-ring (bicyclic) bond motifs is 1. The molecule has 3 unspecified atom stereocenters. The van der Waals surface area contributed by atoms with Gasteiger partial charge in [0.05, 0.1) is 12.9 Å². The first-order valence-corrected chi connectivity index (χ1v) is 6.58. The van der Waals surface area contributed by atoms with Crippen LogP contribution in [-0.2, 0) is 4.74 Å². The van der Waals surface area contributed by atoms with Crippen LogP contribution >= 0.6 is 0 Å². The predicted octanol–water partition coefficient (Wildman–Crippen LogP) is -1.21. The highest BCUT2D eigenvalue weighted by Gasteiger charge is 2.44. The SMILES string of the molecule is CNc1nc(C)nc2c1ncn2C1O[C@H](CO)C(O)C1O. The van der Waals surface area contributed by atoms with Gasteiger partial charge in [-0.25, -0.2) is 15.0 Å². The average molecular weight is 295 g/mol. The van der Waals surface area contributed by atoms with Crippen LogP contribution in [0.2, 0.25) is 0 Å². The fraction of sp³-hybridized carbons (Fsp3) is 0.583. The van der Waals surface area contributed by atoms with E-state index in [1.54, 1.807) is 14.0 Å². The molecule has 2 aromatic heterocycles. The van der Waals surface area contributed by atoms with Gasteiger partial charge < -0.3 is 25.4 Å². The number of aryl methyl sites for hydroxylation is 1. The summed E-state index contributed by atoms with van der Waals surface area (Å²) in [5, 5.41) is 32.0. The van der Waals surface area contributed by atoms with E-state index in [2.05, 4.69) is 20.3 Å². The largest absolute Gasteiger partial charge is 0.394 e. The molecule has 1 saturated heterocycles. The summed E-state index contributed by atoms with van der Waals surface area (Å²) in [4.78, 5) is 12.8. The van der Waals surface area contributed by atoms with E-state index >= 15 is 0 Å². The second-order valence-electron chi connectivity index (χ2n) is 4.92. The van der Waals surface area contributed by atoms with Crippen LogP contribution in [0.4, 0.5) is 5.82 Å². The third kappa shape index (κ3) is 2.14. The van der Waals surface area contributed by atoms with Crippen LogP contribution in [0.1, 0.15) is 12.1 Å². The molecule has 1 aliphatic heterocycles. The van der Waals surface area contributed by atoms with E-state index in [1.165, 1.54) is 10.9 Å². The number of hydrogen-bond donors (Lipinski definition) is 4. The quantitative estimate of drug-likeness (QED) is 0.555. The molecule has 0 radical (unpaired) electrons. The average Bonchev–Trinajstić information content (AvgIpc) is 3.01. The first-order chi connectivity index (χ1) is 10.1. The minimum Gasteiger partial charge on any atom is -0.394 e. The van der Waals surface area contributed by atoms with Crippen LogP contribution in [0, 0.1) is 6.92 Å². The molecule has 1 fully saturated rings. The van der Waals surface area contributed by atoms with E-state index in [0.717, 1.165) is 0 Å². The van der Waals surface area contributed by atoms with Gasteiger partial charge in [-0.2, -0.15) is 0 Å². The summed E-state index contributed by atoms with van der Waals surface area (Å²) in [5.74, 6) is 1.11. The summed E-state index contributed by atoms with van der Waals surface area (Å²) in [6, 6.07) is 0. The highest BCUT2D eigenvalue weighted by molar-refractivity contribution is 5.82. The number of imidazole rings is 1. The first-order valence-electron chi connectivity index (χ1n) is 6.58. The number of nitrogens with zero attached hydrogens (tertiary/aromatic N) is 4. The lowest BCUT2D eigenvalue weighted by atomic mass is 10.1. The Morgan fingerprint density at radius 2 is 2.10 bits per heavy atom. The van der Waals surface area contributed by atoms with Crippen LogP contribution in [0.25, 0.3) is 11.2 Å². The molecule has 3 heterocycles. The number of anilines is 1. The van der Waals surface area contributed by atoms with E-state index in [0.29, 0.717) is 22.8 Å². The number of rotatable bonds is 3. The van der Waals surface area contributed by atoms with E-state index in [-0.39, 0.29) is 6.61 Å². The van der Waals surface area contributed by atoms with Crippen molar-refractivity contribution < 1.29 is 20.1 Å². The van der Waals surface area contributed by atoms with Crippen LogP contribution in [0.15, 0.2) is 6.33 Å². The van der Waals surface area contributed by atoms with Crippen molar-refractivity contribution in [3.63, 3.8) is 0 Å². The van der Waals surface area contributed by atoms with Gasteiger partial charge >= 0.3 is 0 Å². The molecular weight excluding hydrogens is 278 g/mol. The van der Waals surface area contributed by atoms with Gasteiger partial charge in [0.25, 0.3) is 0 Å². The predicted molar refractivity (Wildman–Crippen MR) is 72.6 cm³/mol. The van der Waals surface area contributed by atoms with Gasteiger partial charge in [0.15, 0.2) is 23.2 Å². The Morgan fingerprint density at radius 3 is 2.71 bits per heavy atom. The Hall–Kier alpha value is -1.81. The fourth-order valence-electron chi connectivity index (χ4n) is 2.50. The summed E-state index contributed by atoms with van der Waals surface area (Å²) in [6.45, 7) is 1.37. The minimum atomic E-state index is -1.17. The molecule has 9 heteroatoms. The molecule has 3 rings (SSSR count). The number of ether oxygens (including phenoxy) is 1. The molecule has 114 valence electrons. The van der Waals surface area contributed by atoms with E-state index in [4.69, 9.17) is 9.84 Å². The Bertz CT molecular complexity index is 660. The van der Waals surface area contributed by atoms with Crippen molar-refractivity contribution in [1.82, 2.24) is 19.5 Å². The maximum Gasteiger partial charge on any atom is 0.167 e. The van der Waals surface area contributed by atoms with Crippen molar-refractivity contribution in [3.05, 3.63) is 12.2 Å². The molecule has 1 aliphatic rings. The van der Waals surface area contributed by atoms with Crippen molar-refractivity contribution in [2.45, 2.75) is 31.5 Å². The Kier molecular flexibility index (Phi) is 3.49. The van der Waals surface area contributed by atoms with Crippen molar-refractivity contribution in [2.24, 2.45) is 0 Å². The van der Waals surface area contributed by atoms with Crippen LogP contribution in [-0.4, -0.2) is 66.8 Å². The Labute approximate surface area is 120 Å². The molecular formula is C12H17N5O4. The van der Waals surface area contributed by atoms with Crippen molar-refractivity contribution in [1.29, 1.82) is 0 Å². The molecule has 4 N–H and O–H groups in total. The van der Waals surface area contributed by atoms with Gasteiger partial charge in [0.2, 0.25) is 0 Å². The zero-order chi connectivity index (χ0) is 15.1. The standard InChI is InChI=1S/C12H17N5O4/c1-5-15-10(13-2)7-11(16-5)17(4-14-7)12-9(20)8(19)6(3-18)21-12/h4,6,8-9,12,18-20H,3H2,1-2H3,(H,13,15,16)/t6-,8?,9?,12?/m1/s1. The van der Waals surface area contributed by atoms with Crippen molar-refractivity contribution in [3.8, 4) is 0 Å². The molecule has 0 aromatic carbocycles. The lowest BCUT2D eigenvalue weighted by Crippen LogP contribution is -2.33. The zero-order valence-electron chi connectivity index (χ0n) is 11.6. The summed E-state index contributed by atoms with van der Waals surface area (Å²) in [5.41, 5.74) is 1.03. The molecule has 0 spiro atoms. The number of aliphatic hydroxyl groups is 3. The maximum absolute atomic E-state index is 10.1. The topological polar surface area (TPSA) is 126 Å². The minimum absolute atomic E-state index is 0.378. The molecule has 2 aromatic rings. The molecule has 21 heavy (non-hydrogen) atoms. The second kappa shape index (κ2) is 5.19. The van der Waals surface area contributed by atoms with Gasteiger partial charge in [-0.1, -0.05) is 0 Å². The van der Waals surface area contributed by atoms with E-state index in [9.17, 15) is 10.2 Å². The van der Waals surface area contributed by atoms with Gasteiger partial charge in [-0.3, -0.25) is 4.57 Å². The summed E-state index contributed by atoms with van der Waals surface area (Å²) < 4.78 is 7.03. The van der Waals surface area contributed by atoms with Gasteiger partial charge in [0, 0.05) is 7.05 Å². The maximum atomic E-state index is 10.1. The van der Waals surface area contributed by atoms with Gasteiger partial charge in [-0.15, -0.1) is 0 Å². The van der Waals surface area contributed by atoms with Crippen LogP contribution in [0.5, 0.6) is 0 Å². The highest BCUT2D eigenvalue weighted by atomic mass is 16.6. The van der Waals surface area contributed by atoms with Crippen molar-refractivity contribution >= 4 is 17.0 Å². The zero-order valence-corrected chi connectivity index (χ0v) is 11.6. The molecule has 0 amide bonds. The smallest absolute Gasteiger partial charge is 0.167 e. The van der Waals surface area contributed by atoms with Crippen molar-refractivity contribution in [2.75, 3.05) is 19.0 Å². The molecule has 0 aliphatic carbocycles. The first kappa shape index (κ1) is 14.1. The lowest BCUT2D eigenvalue weighted by Gasteiger charge is -2.16. The normalized spacial score (nSPS) is 29.2. The lowest BCUT2D eigenvalue weighted by molar-refractivity contribution is -0.0511. The second-order valence-corrected chi connectivity index (χ2v) is 4.92. The van der Waals surface area contributed by atoms with E-state index in [1.807, 2.05) is 0 Å². The Balaban J connectivity index is 2.07. The number of hydrogen-bond acceptors (Lipinski definition) is 8. The fourth-order valence-corrected chi connectivity index (χ4v) is 2.50. The van der Waals surface area contributed by atoms with E-state index < -0.39 is 24.5 Å². The number of aliphatic hydroxyl groups excluding tert-OH is 3. The summed E-state index contributed by atoms with van der Waals surface area (Å²) in [7, 11) is 1.73. The highest BCUT2D eigenvalue weighted by Crippen LogP contribution is 2.32. The van der Waals surface area contributed by atoms with Crippen LogP contribution in [0.3, 0.4) is 0 Å². The van der Waals surface area contributed by atoms with Gasteiger partial charge in [-0.05, 0) is 6.92 Å². The number of nitrogens with one attached hydrogen (secondary N) is 1. The third-order valence-electron chi connectivity index (χ3n) is 3.56. The number of aromatic nitrogens is 4.